The number of non-ortho nitro benzene ring substituents is 1. The number of ether oxygens (including phenoxy) is 2. The lowest BCUT2D eigenvalue weighted by Gasteiger charge is -2.10. The van der Waals surface area contributed by atoms with Crippen LogP contribution in [0.15, 0.2) is 30.3 Å². The van der Waals surface area contributed by atoms with E-state index in [1.807, 2.05) is 0 Å². The summed E-state index contributed by atoms with van der Waals surface area (Å²) in [5.74, 6) is -5.78. The predicted molar refractivity (Wildman–Crippen MR) is 66.0 cm³/mol. The Hall–Kier alpha value is -2.77. The van der Waals surface area contributed by atoms with Crippen molar-refractivity contribution in [2.45, 2.75) is 0 Å². The Morgan fingerprint density at radius 1 is 1.14 bits per heavy atom. The first-order chi connectivity index (χ1) is 9.93. The van der Waals surface area contributed by atoms with Crippen molar-refractivity contribution in [2.24, 2.45) is 0 Å². The number of methoxy groups -OCH3 is 1. The molecule has 0 amide bonds. The third-order valence-corrected chi connectivity index (χ3v) is 2.54. The number of nitro groups is 1. The molecule has 2 aromatic rings. The minimum atomic E-state index is -1.48. The van der Waals surface area contributed by atoms with E-state index < -0.39 is 33.9 Å². The van der Waals surface area contributed by atoms with Crippen LogP contribution < -0.4 is 9.47 Å². The number of halogens is 3. The lowest BCUT2D eigenvalue weighted by Crippen LogP contribution is -1.99. The fourth-order valence-corrected chi connectivity index (χ4v) is 1.60. The zero-order valence-corrected chi connectivity index (χ0v) is 10.6. The van der Waals surface area contributed by atoms with Gasteiger partial charge in [-0.3, -0.25) is 10.1 Å². The quantitative estimate of drug-likeness (QED) is 0.489. The molecule has 0 aliphatic carbocycles. The minimum absolute atomic E-state index is 0.101. The van der Waals surface area contributed by atoms with E-state index in [0.717, 1.165) is 13.2 Å². The molecule has 2 rings (SSSR count). The number of hydrogen-bond donors (Lipinski definition) is 0. The second-order valence-corrected chi connectivity index (χ2v) is 3.87. The van der Waals surface area contributed by atoms with Crippen LogP contribution in [0.3, 0.4) is 0 Å². The van der Waals surface area contributed by atoms with Crippen LogP contribution in [-0.2, 0) is 0 Å². The van der Waals surface area contributed by atoms with Gasteiger partial charge in [-0.05, 0) is 6.07 Å². The molecular formula is C13H8F3NO4. The van der Waals surface area contributed by atoms with Crippen LogP contribution in [-0.4, -0.2) is 12.0 Å². The Morgan fingerprint density at radius 2 is 1.86 bits per heavy atom. The highest BCUT2D eigenvalue weighted by atomic mass is 19.2. The molecule has 0 heterocycles. The van der Waals surface area contributed by atoms with E-state index in [2.05, 4.69) is 4.74 Å². The molecule has 110 valence electrons. The highest BCUT2D eigenvalue weighted by Gasteiger charge is 2.21. The van der Waals surface area contributed by atoms with E-state index in [1.165, 1.54) is 18.2 Å². The summed E-state index contributed by atoms with van der Waals surface area (Å²) in [6, 6.07) is 5.33. The zero-order valence-electron chi connectivity index (χ0n) is 10.6. The first-order valence-electron chi connectivity index (χ1n) is 5.58. The van der Waals surface area contributed by atoms with Gasteiger partial charge in [-0.2, -0.15) is 8.78 Å². The molecule has 0 atom stereocenters. The fraction of sp³-hybridized carbons (Fsp3) is 0.0769. The maximum atomic E-state index is 13.9. The molecule has 0 unspecified atom stereocenters. The van der Waals surface area contributed by atoms with Crippen LogP contribution in [0, 0.1) is 27.6 Å². The summed E-state index contributed by atoms with van der Waals surface area (Å²) < 4.78 is 49.9. The Morgan fingerprint density at radius 3 is 2.48 bits per heavy atom. The molecule has 0 N–H and O–H groups in total. The van der Waals surface area contributed by atoms with Gasteiger partial charge in [-0.15, -0.1) is 0 Å². The second-order valence-electron chi connectivity index (χ2n) is 3.87. The Kier molecular flexibility index (Phi) is 3.97. The third kappa shape index (κ3) is 2.88. The highest BCUT2D eigenvalue weighted by Crippen LogP contribution is 2.34. The SMILES string of the molecule is COc1c(F)c(F)cc(Oc2cccc([N+](=O)[O-])c2)c1F. The molecule has 8 heteroatoms. The second kappa shape index (κ2) is 5.70. The number of nitrogens with zero attached hydrogens (tertiary/aromatic N) is 1. The predicted octanol–water partition coefficient (Wildman–Crippen LogP) is 3.81. The Labute approximate surface area is 116 Å². The molecule has 0 radical (unpaired) electrons. The van der Waals surface area contributed by atoms with Crippen LogP contribution in [0.4, 0.5) is 18.9 Å². The van der Waals surface area contributed by atoms with Gasteiger partial charge in [-0.1, -0.05) is 6.07 Å². The number of rotatable bonds is 4. The van der Waals surface area contributed by atoms with E-state index >= 15 is 0 Å². The zero-order chi connectivity index (χ0) is 15.6. The van der Waals surface area contributed by atoms with Gasteiger partial charge in [0.15, 0.2) is 17.3 Å². The molecule has 0 saturated heterocycles. The molecule has 0 fully saturated rings. The highest BCUT2D eigenvalue weighted by molar-refractivity contribution is 5.43. The molecule has 0 aliphatic heterocycles. The smallest absolute Gasteiger partial charge is 0.273 e. The van der Waals surface area contributed by atoms with Crippen molar-refractivity contribution >= 4 is 5.69 Å². The summed E-state index contributed by atoms with van der Waals surface area (Å²) in [5, 5.41) is 10.6. The fourth-order valence-electron chi connectivity index (χ4n) is 1.60. The van der Waals surface area contributed by atoms with Crippen molar-refractivity contribution in [3.63, 3.8) is 0 Å². The van der Waals surface area contributed by atoms with Crippen molar-refractivity contribution in [1.82, 2.24) is 0 Å². The van der Waals surface area contributed by atoms with Crippen LogP contribution in [0.2, 0.25) is 0 Å². The van der Waals surface area contributed by atoms with E-state index in [4.69, 9.17) is 4.74 Å². The summed E-state index contributed by atoms with van der Waals surface area (Å²) in [5.41, 5.74) is -0.289. The Bertz CT molecular complexity index is 706. The van der Waals surface area contributed by atoms with Gasteiger partial charge in [-0.25, -0.2) is 4.39 Å². The van der Waals surface area contributed by atoms with Crippen LogP contribution in [0.25, 0.3) is 0 Å². The topological polar surface area (TPSA) is 61.6 Å². The number of nitro benzene ring substituents is 1. The molecule has 0 saturated carbocycles. The van der Waals surface area contributed by atoms with Crippen LogP contribution in [0.5, 0.6) is 17.2 Å². The van der Waals surface area contributed by atoms with Gasteiger partial charge in [0, 0.05) is 12.1 Å². The van der Waals surface area contributed by atoms with E-state index in [-0.39, 0.29) is 11.4 Å². The van der Waals surface area contributed by atoms with E-state index in [9.17, 15) is 23.3 Å². The summed E-state index contributed by atoms with van der Waals surface area (Å²) in [4.78, 5) is 9.95. The molecule has 0 spiro atoms. The average Bonchev–Trinajstić information content (AvgIpc) is 2.45. The first kappa shape index (κ1) is 14.6. The maximum absolute atomic E-state index is 13.9. The van der Waals surface area contributed by atoms with Gasteiger partial charge in [0.2, 0.25) is 11.6 Å². The number of benzene rings is 2. The van der Waals surface area contributed by atoms with Gasteiger partial charge >= 0.3 is 0 Å². The molecular weight excluding hydrogens is 291 g/mol. The summed E-state index contributed by atoms with van der Waals surface area (Å²) in [6.45, 7) is 0. The first-order valence-corrected chi connectivity index (χ1v) is 5.58. The van der Waals surface area contributed by atoms with Crippen molar-refractivity contribution in [3.8, 4) is 17.2 Å². The largest absolute Gasteiger partial charge is 0.491 e. The maximum Gasteiger partial charge on any atom is 0.273 e. The van der Waals surface area contributed by atoms with Crippen molar-refractivity contribution < 1.29 is 27.6 Å². The monoisotopic (exact) mass is 299 g/mol. The summed E-state index contributed by atoms with van der Waals surface area (Å²) >= 11 is 0. The van der Waals surface area contributed by atoms with Crippen LogP contribution in [0.1, 0.15) is 0 Å². The van der Waals surface area contributed by atoms with Gasteiger partial charge in [0.05, 0.1) is 18.1 Å². The molecule has 0 aliphatic rings. The van der Waals surface area contributed by atoms with E-state index in [0.29, 0.717) is 6.07 Å². The van der Waals surface area contributed by atoms with Crippen LogP contribution >= 0.6 is 0 Å². The van der Waals surface area contributed by atoms with Crippen molar-refractivity contribution in [3.05, 3.63) is 57.9 Å². The lowest BCUT2D eigenvalue weighted by atomic mass is 10.2. The minimum Gasteiger partial charge on any atom is -0.491 e. The van der Waals surface area contributed by atoms with E-state index in [1.54, 1.807) is 0 Å². The normalized spacial score (nSPS) is 10.3. The lowest BCUT2D eigenvalue weighted by molar-refractivity contribution is -0.384. The average molecular weight is 299 g/mol. The third-order valence-electron chi connectivity index (χ3n) is 2.54. The van der Waals surface area contributed by atoms with Crippen molar-refractivity contribution in [2.75, 3.05) is 7.11 Å². The molecule has 2 aromatic carbocycles. The number of hydrogen-bond acceptors (Lipinski definition) is 4. The molecule has 0 bridgehead atoms. The summed E-state index contributed by atoms with van der Waals surface area (Å²) in [6.07, 6.45) is 0. The molecule has 21 heavy (non-hydrogen) atoms. The summed E-state index contributed by atoms with van der Waals surface area (Å²) in [7, 11) is 0.970. The van der Waals surface area contributed by atoms with Gasteiger partial charge < -0.3 is 9.47 Å². The van der Waals surface area contributed by atoms with Gasteiger partial charge in [0.1, 0.15) is 5.75 Å². The standard InChI is InChI=1S/C13H8F3NO4/c1-20-13-11(15)9(14)6-10(12(13)16)21-8-4-2-3-7(5-8)17(18)19/h2-6H,1H3. The van der Waals surface area contributed by atoms with Crippen molar-refractivity contribution in [1.29, 1.82) is 0 Å². The molecule has 0 aromatic heterocycles. The Balaban J connectivity index is 2.42. The van der Waals surface area contributed by atoms with Gasteiger partial charge in [0.25, 0.3) is 5.69 Å². The molecule has 5 nitrogen and oxygen atoms in total.